The summed E-state index contributed by atoms with van der Waals surface area (Å²) in [5, 5.41) is 7.22. The SMILES string of the molecule is Cc1nnsc1CNc1cncc(Br)c1. The third-order valence-corrected chi connectivity index (χ3v) is 3.16. The van der Waals surface area contributed by atoms with E-state index in [0.717, 1.165) is 27.3 Å². The Kier molecular flexibility index (Phi) is 3.27. The number of nitrogens with zero attached hydrogens (tertiary/aromatic N) is 3. The molecule has 0 saturated heterocycles. The number of aryl methyl sites for hydroxylation is 1. The quantitative estimate of drug-likeness (QED) is 0.941. The number of anilines is 1. The molecule has 0 unspecified atom stereocenters. The maximum Gasteiger partial charge on any atom is 0.0774 e. The molecule has 0 aliphatic carbocycles. The molecule has 2 rings (SSSR count). The van der Waals surface area contributed by atoms with E-state index in [2.05, 4.69) is 35.8 Å². The first kappa shape index (κ1) is 10.5. The summed E-state index contributed by atoms with van der Waals surface area (Å²) in [6.07, 6.45) is 3.54. The number of hydrogen-bond donors (Lipinski definition) is 1. The van der Waals surface area contributed by atoms with E-state index in [1.54, 1.807) is 12.4 Å². The van der Waals surface area contributed by atoms with Crippen molar-refractivity contribution in [3.05, 3.63) is 33.5 Å². The van der Waals surface area contributed by atoms with Gasteiger partial charge in [-0.2, -0.15) is 0 Å². The van der Waals surface area contributed by atoms with Gasteiger partial charge in [-0.1, -0.05) is 4.49 Å². The highest BCUT2D eigenvalue weighted by atomic mass is 79.9. The standard InChI is InChI=1S/C9H9BrN4S/c1-6-9(15-14-13-6)5-12-8-2-7(10)3-11-4-8/h2-4,12H,5H2,1H3. The van der Waals surface area contributed by atoms with Crippen LogP contribution in [0, 0.1) is 6.92 Å². The van der Waals surface area contributed by atoms with E-state index >= 15 is 0 Å². The highest BCUT2D eigenvalue weighted by molar-refractivity contribution is 9.10. The molecular formula is C9H9BrN4S. The summed E-state index contributed by atoms with van der Waals surface area (Å²) in [6, 6.07) is 1.98. The minimum absolute atomic E-state index is 0.738. The second-order valence-corrected chi connectivity index (χ2v) is 4.78. The Morgan fingerprint density at radius 1 is 1.47 bits per heavy atom. The average molecular weight is 285 g/mol. The Hall–Kier alpha value is -1.01. The van der Waals surface area contributed by atoms with Gasteiger partial charge in [0.05, 0.1) is 29.0 Å². The highest BCUT2D eigenvalue weighted by Gasteiger charge is 2.02. The first-order chi connectivity index (χ1) is 7.25. The molecule has 2 aromatic heterocycles. The molecule has 4 nitrogen and oxygen atoms in total. The maximum atomic E-state index is 4.07. The lowest BCUT2D eigenvalue weighted by Gasteiger charge is -2.04. The third kappa shape index (κ3) is 2.73. The van der Waals surface area contributed by atoms with Crippen molar-refractivity contribution in [1.82, 2.24) is 14.6 Å². The number of hydrogen-bond acceptors (Lipinski definition) is 5. The monoisotopic (exact) mass is 284 g/mol. The summed E-state index contributed by atoms with van der Waals surface area (Å²) < 4.78 is 4.84. The van der Waals surface area contributed by atoms with E-state index in [0.29, 0.717) is 0 Å². The van der Waals surface area contributed by atoms with Gasteiger partial charge >= 0.3 is 0 Å². The van der Waals surface area contributed by atoms with Gasteiger partial charge in [-0.3, -0.25) is 4.98 Å². The Morgan fingerprint density at radius 2 is 2.33 bits per heavy atom. The van der Waals surface area contributed by atoms with Crippen LogP contribution in [0.15, 0.2) is 22.9 Å². The van der Waals surface area contributed by atoms with Gasteiger partial charge in [-0.25, -0.2) is 0 Å². The topological polar surface area (TPSA) is 50.7 Å². The molecule has 0 amide bonds. The van der Waals surface area contributed by atoms with Crippen molar-refractivity contribution in [3.8, 4) is 0 Å². The van der Waals surface area contributed by atoms with Crippen molar-refractivity contribution >= 4 is 33.1 Å². The Bertz CT molecular complexity index is 457. The van der Waals surface area contributed by atoms with Gasteiger partial charge in [-0.05, 0) is 40.5 Å². The maximum absolute atomic E-state index is 4.07. The summed E-state index contributed by atoms with van der Waals surface area (Å²) >= 11 is 4.79. The molecule has 78 valence electrons. The molecule has 0 fully saturated rings. The Balaban J connectivity index is 2.02. The molecule has 0 aromatic carbocycles. The van der Waals surface area contributed by atoms with Gasteiger partial charge in [-0.15, -0.1) is 5.10 Å². The van der Waals surface area contributed by atoms with Gasteiger partial charge in [0.1, 0.15) is 0 Å². The minimum Gasteiger partial charge on any atom is -0.379 e. The zero-order valence-corrected chi connectivity index (χ0v) is 10.5. The third-order valence-electron chi connectivity index (χ3n) is 1.90. The van der Waals surface area contributed by atoms with Crippen LogP contribution in [0.25, 0.3) is 0 Å². The number of halogens is 1. The van der Waals surface area contributed by atoms with Crippen molar-refractivity contribution in [2.75, 3.05) is 5.32 Å². The molecule has 0 aliphatic rings. The van der Waals surface area contributed by atoms with E-state index in [9.17, 15) is 0 Å². The van der Waals surface area contributed by atoms with E-state index < -0.39 is 0 Å². The molecule has 2 aromatic rings. The molecule has 15 heavy (non-hydrogen) atoms. The smallest absolute Gasteiger partial charge is 0.0774 e. The fourth-order valence-electron chi connectivity index (χ4n) is 1.10. The summed E-state index contributed by atoms with van der Waals surface area (Å²) in [6.45, 7) is 2.70. The van der Waals surface area contributed by atoms with E-state index in [-0.39, 0.29) is 0 Å². The number of aromatic nitrogens is 3. The lowest BCUT2D eigenvalue weighted by atomic mass is 10.3. The zero-order chi connectivity index (χ0) is 10.7. The van der Waals surface area contributed by atoms with Gasteiger partial charge in [0.2, 0.25) is 0 Å². The lowest BCUT2D eigenvalue weighted by Crippen LogP contribution is -1.99. The zero-order valence-electron chi connectivity index (χ0n) is 8.07. The van der Waals surface area contributed by atoms with Crippen LogP contribution in [0.2, 0.25) is 0 Å². The summed E-state index contributed by atoms with van der Waals surface area (Å²) in [5.74, 6) is 0. The first-order valence-corrected chi connectivity index (χ1v) is 5.94. The second-order valence-electron chi connectivity index (χ2n) is 3.03. The minimum atomic E-state index is 0.738. The lowest BCUT2D eigenvalue weighted by molar-refractivity contribution is 1.05. The molecule has 0 atom stereocenters. The van der Waals surface area contributed by atoms with E-state index in [1.807, 2.05) is 13.0 Å². The van der Waals surface area contributed by atoms with Crippen LogP contribution in [-0.2, 0) is 6.54 Å². The largest absolute Gasteiger partial charge is 0.379 e. The van der Waals surface area contributed by atoms with Crippen molar-refractivity contribution in [2.24, 2.45) is 0 Å². The second kappa shape index (κ2) is 4.67. The van der Waals surface area contributed by atoms with Crippen LogP contribution in [0.3, 0.4) is 0 Å². The molecule has 0 bridgehead atoms. The number of pyridine rings is 1. The van der Waals surface area contributed by atoms with Gasteiger partial charge in [0, 0.05) is 10.7 Å². The molecule has 0 spiro atoms. The number of nitrogens with one attached hydrogen (secondary N) is 1. The van der Waals surface area contributed by atoms with Crippen LogP contribution in [0.5, 0.6) is 0 Å². The Labute approximate surface area is 100 Å². The van der Waals surface area contributed by atoms with Gasteiger partial charge in [0.25, 0.3) is 0 Å². The molecule has 0 saturated carbocycles. The fraction of sp³-hybridized carbons (Fsp3) is 0.222. The van der Waals surface area contributed by atoms with Crippen molar-refractivity contribution in [2.45, 2.75) is 13.5 Å². The predicted molar refractivity (Wildman–Crippen MR) is 63.9 cm³/mol. The summed E-state index contributed by atoms with van der Waals surface area (Å²) in [5.41, 5.74) is 1.97. The normalized spacial score (nSPS) is 10.3. The van der Waals surface area contributed by atoms with Gasteiger partial charge in [0.15, 0.2) is 0 Å². The van der Waals surface area contributed by atoms with Crippen LogP contribution < -0.4 is 5.32 Å². The number of rotatable bonds is 3. The highest BCUT2D eigenvalue weighted by Crippen LogP contribution is 2.16. The molecule has 0 radical (unpaired) electrons. The molecule has 1 N–H and O–H groups in total. The van der Waals surface area contributed by atoms with Crippen LogP contribution >= 0.6 is 27.5 Å². The van der Waals surface area contributed by atoms with Crippen molar-refractivity contribution in [3.63, 3.8) is 0 Å². The van der Waals surface area contributed by atoms with Crippen LogP contribution in [0.1, 0.15) is 10.6 Å². The van der Waals surface area contributed by atoms with Crippen molar-refractivity contribution < 1.29 is 0 Å². The summed E-state index contributed by atoms with van der Waals surface area (Å²) in [7, 11) is 0. The predicted octanol–water partition coefficient (Wildman–Crippen LogP) is 2.62. The van der Waals surface area contributed by atoms with Gasteiger partial charge < -0.3 is 5.32 Å². The van der Waals surface area contributed by atoms with E-state index in [4.69, 9.17) is 0 Å². The Morgan fingerprint density at radius 3 is 3.00 bits per heavy atom. The molecule has 2 heterocycles. The van der Waals surface area contributed by atoms with Crippen molar-refractivity contribution in [1.29, 1.82) is 0 Å². The molecule has 6 heteroatoms. The molecular weight excluding hydrogens is 276 g/mol. The molecule has 0 aliphatic heterocycles. The fourth-order valence-corrected chi connectivity index (χ4v) is 2.04. The first-order valence-electron chi connectivity index (χ1n) is 4.38. The average Bonchev–Trinajstić information content (AvgIpc) is 2.61. The van der Waals surface area contributed by atoms with E-state index in [1.165, 1.54) is 11.5 Å². The summed E-state index contributed by atoms with van der Waals surface area (Å²) in [4.78, 5) is 5.22. The van der Waals surface area contributed by atoms with Crippen LogP contribution in [-0.4, -0.2) is 14.6 Å². The van der Waals surface area contributed by atoms with Crippen LogP contribution in [0.4, 0.5) is 5.69 Å².